The molecule has 0 atom stereocenters. The van der Waals surface area contributed by atoms with Crippen LogP contribution in [0.5, 0.6) is 0 Å². The van der Waals surface area contributed by atoms with Crippen molar-refractivity contribution in [1.82, 2.24) is 14.7 Å². The number of carbonyl (C=O) groups is 2. The number of carbonyl (C=O) groups excluding carboxylic acids is 2. The van der Waals surface area contributed by atoms with Crippen LogP contribution in [0.2, 0.25) is 0 Å². The molecule has 0 bridgehead atoms. The van der Waals surface area contributed by atoms with Gasteiger partial charge in [0, 0.05) is 36.3 Å². The van der Waals surface area contributed by atoms with E-state index in [0.29, 0.717) is 11.5 Å². The molecule has 2 heterocycles. The number of hydrogen-bond acceptors (Lipinski definition) is 5. The van der Waals surface area contributed by atoms with E-state index < -0.39 is 11.8 Å². The van der Waals surface area contributed by atoms with Gasteiger partial charge in [-0.1, -0.05) is 12.1 Å². The first kappa shape index (κ1) is 18.8. The van der Waals surface area contributed by atoms with Gasteiger partial charge in [0.1, 0.15) is 5.82 Å². The van der Waals surface area contributed by atoms with Crippen LogP contribution in [-0.4, -0.2) is 40.6 Å². The molecule has 0 fully saturated rings. The van der Waals surface area contributed by atoms with Crippen LogP contribution < -0.4 is 10.6 Å². The minimum Gasteiger partial charge on any atom is -0.318 e. The predicted molar refractivity (Wildman–Crippen MR) is 108 cm³/mol. The summed E-state index contributed by atoms with van der Waals surface area (Å²) in [6.07, 6.45) is 0. The maximum atomic E-state index is 12.2. The zero-order chi connectivity index (χ0) is 19.4. The van der Waals surface area contributed by atoms with Gasteiger partial charge < -0.3 is 15.5 Å². The van der Waals surface area contributed by atoms with Crippen molar-refractivity contribution in [2.75, 3.05) is 24.7 Å². The fourth-order valence-corrected chi connectivity index (χ4v) is 3.20. The van der Waals surface area contributed by atoms with Gasteiger partial charge in [0.2, 0.25) is 0 Å². The molecule has 0 saturated heterocycles. The number of aromatic nitrogens is 2. The van der Waals surface area contributed by atoms with Crippen molar-refractivity contribution in [3.05, 3.63) is 52.7 Å². The van der Waals surface area contributed by atoms with Crippen molar-refractivity contribution in [2.45, 2.75) is 6.54 Å². The molecule has 0 unspecified atom stereocenters. The molecular formula is C19H21N5O2S. The van der Waals surface area contributed by atoms with E-state index in [1.807, 2.05) is 43.1 Å². The summed E-state index contributed by atoms with van der Waals surface area (Å²) >= 11 is 1.57. The number of hydrogen-bond donors (Lipinski definition) is 2. The average Bonchev–Trinajstić information content (AvgIpc) is 3.26. The predicted octanol–water partition coefficient (Wildman–Crippen LogP) is 2.79. The van der Waals surface area contributed by atoms with E-state index in [0.717, 1.165) is 23.4 Å². The Labute approximate surface area is 161 Å². The first-order valence-electron chi connectivity index (χ1n) is 8.35. The highest BCUT2D eigenvalue weighted by Crippen LogP contribution is 2.23. The number of amides is 2. The highest BCUT2D eigenvalue weighted by Gasteiger charge is 2.17. The number of nitrogens with one attached hydrogen (secondary N) is 2. The Balaban J connectivity index is 1.62. The van der Waals surface area contributed by atoms with E-state index in [-0.39, 0.29) is 0 Å². The molecule has 2 aromatic heterocycles. The van der Waals surface area contributed by atoms with E-state index in [2.05, 4.69) is 20.6 Å². The maximum absolute atomic E-state index is 12.2. The third kappa shape index (κ3) is 4.81. The van der Waals surface area contributed by atoms with E-state index in [1.54, 1.807) is 36.6 Å². The molecule has 0 aliphatic rings. The molecule has 7 nitrogen and oxygen atoms in total. The SMILES string of the molecule is CN(C)Cc1ccc(NC(=O)C(=O)Nc2cc(-c3ccsc3)nn2C)cc1. The lowest BCUT2D eigenvalue weighted by molar-refractivity contribution is -0.133. The van der Waals surface area contributed by atoms with Gasteiger partial charge in [-0.25, -0.2) is 0 Å². The molecule has 0 radical (unpaired) electrons. The molecule has 3 rings (SSSR count). The molecule has 8 heteroatoms. The third-order valence-electron chi connectivity index (χ3n) is 3.86. The van der Waals surface area contributed by atoms with Gasteiger partial charge >= 0.3 is 11.8 Å². The van der Waals surface area contributed by atoms with Crippen molar-refractivity contribution in [3.63, 3.8) is 0 Å². The fraction of sp³-hybridized carbons (Fsp3) is 0.211. The average molecular weight is 383 g/mol. The molecular weight excluding hydrogens is 362 g/mol. The molecule has 0 spiro atoms. The zero-order valence-electron chi connectivity index (χ0n) is 15.4. The summed E-state index contributed by atoms with van der Waals surface area (Å²) < 4.78 is 1.54. The van der Waals surface area contributed by atoms with Gasteiger partial charge in [-0.3, -0.25) is 14.3 Å². The molecule has 2 amide bonds. The second kappa shape index (κ2) is 8.15. The lowest BCUT2D eigenvalue weighted by Gasteiger charge is -2.10. The van der Waals surface area contributed by atoms with Crippen LogP contribution in [0, 0.1) is 0 Å². The first-order chi connectivity index (χ1) is 12.9. The minimum atomic E-state index is -0.743. The largest absolute Gasteiger partial charge is 0.318 e. The van der Waals surface area contributed by atoms with Gasteiger partial charge in [-0.2, -0.15) is 16.4 Å². The molecule has 3 aromatic rings. The second-order valence-electron chi connectivity index (χ2n) is 6.39. The number of aryl methyl sites for hydroxylation is 1. The Morgan fingerprint density at radius 1 is 1.11 bits per heavy atom. The monoisotopic (exact) mass is 383 g/mol. The van der Waals surface area contributed by atoms with Crippen molar-refractivity contribution >= 4 is 34.7 Å². The van der Waals surface area contributed by atoms with Gasteiger partial charge in [0.05, 0.1) is 5.69 Å². The number of thiophene rings is 1. The van der Waals surface area contributed by atoms with E-state index in [4.69, 9.17) is 0 Å². The Morgan fingerprint density at radius 3 is 2.44 bits per heavy atom. The summed E-state index contributed by atoms with van der Waals surface area (Å²) in [4.78, 5) is 26.4. The third-order valence-corrected chi connectivity index (χ3v) is 4.54. The Morgan fingerprint density at radius 2 is 1.81 bits per heavy atom. The number of nitrogens with zero attached hydrogens (tertiary/aromatic N) is 3. The summed E-state index contributed by atoms with van der Waals surface area (Å²) in [5.74, 6) is -1.02. The molecule has 0 aliphatic heterocycles. The molecule has 1 aromatic carbocycles. The van der Waals surface area contributed by atoms with Crippen LogP contribution in [0.4, 0.5) is 11.5 Å². The fourth-order valence-electron chi connectivity index (χ4n) is 2.56. The van der Waals surface area contributed by atoms with Crippen LogP contribution in [0.1, 0.15) is 5.56 Å². The molecule has 2 N–H and O–H groups in total. The van der Waals surface area contributed by atoms with Crippen LogP contribution in [-0.2, 0) is 23.2 Å². The Kier molecular flexibility index (Phi) is 5.68. The number of benzene rings is 1. The van der Waals surface area contributed by atoms with Crippen molar-refractivity contribution in [1.29, 1.82) is 0 Å². The standard InChI is InChI=1S/C19H21N5O2S/c1-23(2)11-13-4-6-15(7-5-13)20-18(25)19(26)21-17-10-16(22-24(17)3)14-8-9-27-12-14/h4-10,12H,11H2,1-3H3,(H,20,25)(H,21,26). The molecule has 140 valence electrons. The normalized spacial score (nSPS) is 10.8. The van der Waals surface area contributed by atoms with E-state index >= 15 is 0 Å². The topological polar surface area (TPSA) is 79.3 Å². The van der Waals surface area contributed by atoms with Crippen LogP contribution in [0.3, 0.4) is 0 Å². The van der Waals surface area contributed by atoms with Crippen molar-refractivity contribution < 1.29 is 9.59 Å². The first-order valence-corrected chi connectivity index (χ1v) is 9.29. The molecule has 27 heavy (non-hydrogen) atoms. The summed E-state index contributed by atoms with van der Waals surface area (Å²) in [6.45, 7) is 0.807. The number of rotatable bonds is 5. The van der Waals surface area contributed by atoms with Crippen LogP contribution in [0.25, 0.3) is 11.3 Å². The van der Waals surface area contributed by atoms with Crippen LogP contribution in [0.15, 0.2) is 47.2 Å². The quantitative estimate of drug-likeness (QED) is 0.664. The van der Waals surface area contributed by atoms with E-state index in [9.17, 15) is 9.59 Å². The maximum Gasteiger partial charge on any atom is 0.315 e. The highest BCUT2D eigenvalue weighted by molar-refractivity contribution is 7.08. The van der Waals surface area contributed by atoms with Gasteiger partial charge in [-0.15, -0.1) is 0 Å². The lowest BCUT2D eigenvalue weighted by Crippen LogP contribution is -2.29. The lowest BCUT2D eigenvalue weighted by atomic mass is 10.2. The Bertz CT molecular complexity index is 930. The van der Waals surface area contributed by atoms with Gasteiger partial charge in [0.15, 0.2) is 0 Å². The summed E-state index contributed by atoms with van der Waals surface area (Å²) in [5, 5.41) is 13.5. The molecule has 0 saturated carbocycles. The van der Waals surface area contributed by atoms with Gasteiger partial charge in [0.25, 0.3) is 0 Å². The smallest absolute Gasteiger partial charge is 0.315 e. The number of anilines is 2. The summed E-state index contributed by atoms with van der Waals surface area (Å²) in [7, 11) is 5.69. The minimum absolute atomic E-state index is 0.456. The highest BCUT2D eigenvalue weighted by atomic mass is 32.1. The Hall–Kier alpha value is -2.97. The second-order valence-corrected chi connectivity index (χ2v) is 7.17. The summed E-state index contributed by atoms with van der Waals surface area (Å²) in [5.41, 5.74) is 3.41. The zero-order valence-corrected chi connectivity index (χ0v) is 16.2. The van der Waals surface area contributed by atoms with E-state index in [1.165, 1.54) is 4.68 Å². The van der Waals surface area contributed by atoms with Gasteiger partial charge in [-0.05, 0) is 43.2 Å². The van der Waals surface area contributed by atoms with Crippen LogP contribution >= 0.6 is 11.3 Å². The summed E-state index contributed by atoms with van der Waals surface area (Å²) in [6, 6.07) is 11.1. The van der Waals surface area contributed by atoms with Crippen molar-refractivity contribution in [2.24, 2.45) is 7.05 Å². The molecule has 0 aliphatic carbocycles. The van der Waals surface area contributed by atoms with Crippen molar-refractivity contribution in [3.8, 4) is 11.3 Å².